The van der Waals surface area contributed by atoms with Gasteiger partial charge in [-0.25, -0.2) is 4.79 Å². The molecule has 2 aromatic heterocycles. The monoisotopic (exact) mass is 441 g/mol. The molecular weight excluding hydrogens is 410 g/mol. The number of fused-ring (bicyclic) bond motifs is 1. The van der Waals surface area contributed by atoms with Crippen molar-refractivity contribution >= 4 is 17.1 Å². The summed E-state index contributed by atoms with van der Waals surface area (Å²) in [6, 6.07) is 7.64. The average Bonchev–Trinajstić information content (AvgIpc) is 3.14. The first-order chi connectivity index (χ1) is 15.3. The molecule has 1 saturated heterocycles. The maximum absolute atomic E-state index is 13.0. The van der Waals surface area contributed by atoms with Crippen molar-refractivity contribution in [2.75, 3.05) is 24.6 Å². The highest BCUT2D eigenvalue weighted by Gasteiger charge is 2.26. The van der Waals surface area contributed by atoms with E-state index < -0.39 is 17.4 Å². The predicted molar refractivity (Wildman–Crippen MR) is 124 cm³/mol. The lowest BCUT2D eigenvalue weighted by Crippen LogP contribution is -2.39. The Balaban J connectivity index is 1.71. The van der Waals surface area contributed by atoms with Crippen molar-refractivity contribution in [1.82, 2.24) is 18.7 Å². The average molecular weight is 442 g/mol. The first-order valence-corrected chi connectivity index (χ1v) is 11.0. The van der Waals surface area contributed by atoms with Crippen molar-refractivity contribution in [2.45, 2.75) is 39.3 Å². The highest BCUT2D eigenvalue weighted by Crippen LogP contribution is 2.25. The van der Waals surface area contributed by atoms with Gasteiger partial charge in [0.25, 0.3) is 5.56 Å². The maximum atomic E-state index is 13.0. The molecule has 0 radical (unpaired) electrons. The van der Waals surface area contributed by atoms with Gasteiger partial charge < -0.3 is 19.3 Å². The molecule has 2 atom stereocenters. The molecule has 172 valence electrons. The normalized spacial score (nSPS) is 17.7. The minimum absolute atomic E-state index is 0.0745. The molecule has 0 saturated carbocycles. The van der Waals surface area contributed by atoms with Gasteiger partial charge in [-0.15, -0.1) is 0 Å². The molecule has 0 spiro atoms. The van der Waals surface area contributed by atoms with Crippen LogP contribution in [-0.4, -0.2) is 49.6 Å². The van der Waals surface area contributed by atoms with Crippen LogP contribution >= 0.6 is 0 Å². The van der Waals surface area contributed by atoms with Gasteiger partial charge in [-0.1, -0.05) is 19.1 Å². The fraction of sp³-hybridized carbons (Fsp3) is 0.522. The summed E-state index contributed by atoms with van der Waals surface area (Å²) < 4.78 is 9.99. The molecule has 1 aliphatic rings. The fourth-order valence-electron chi connectivity index (χ4n) is 4.38. The Morgan fingerprint density at radius 1 is 1.25 bits per heavy atom. The summed E-state index contributed by atoms with van der Waals surface area (Å²) in [6.45, 7) is 6.01. The minimum atomic E-state index is -0.865. The van der Waals surface area contributed by atoms with Crippen molar-refractivity contribution in [2.24, 2.45) is 20.0 Å². The van der Waals surface area contributed by atoms with Gasteiger partial charge >= 0.3 is 5.69 Å². The van der Waals surface area contributed by atoms with E-state index in [1.54, 1.807) is 11.6 Å². The van der Waals surface area contributed by atoms with Crippen LogP contribution in [0.5, 0.6) is 5.75 Å². The van der Waals surface area contributed by atoms with E-state index >= 15 is 0 Å². The number of aryl methyl sites for hydroxylation is 2. The number of aliphatic hydroxyl groups is 1. The second-order valence-electron chi connectivity index (χ2n) is 8.88. The largest absolute Gasteiger partial charge is 0.491 e. The van der Waals surface area contributed by atoms with E-state index in [9.17, 15) is 14.7 Å². The Kier molecular flexibility index (Phi) is 6.10. The van der Waals surface area contributed by atoms with E-state index in [2.05, 4.69) is 11.8 Å². The maximum Gasteiger partial charge on any atom is 0.332 e. The second kappa shape index (κ2) is 8.82. The molecule has 4 rings (SSSR count). The molecular formula is C23H31N5O4. The molecule has 32 heavy (non-hydrogen) atoms. The lowest BCUT2D eigenvalue weighted by atomic mass is 10.0. The number of anilines is 1. The van der Waals surface area contributed by atoms with Crippen LogP contribution in [-0.2, 0) is 20.6 Å². The number of ether oxygens (including phenoxy) is 1. The van der Waals surface area contributed by atoms with Crippen molar-refractivity contribution in [1.29, 1.82) is 0 Å². The minimum Gasteiger partial charge on any atom is -0.491 e. The number of rotatable bonds is 6. The van der Waals surface area contributed by atoms with E-state index in [0.717, 1.165) is 36.1 Å². The fourth-order valence-corrected chi connectivity index (χ4v) is 4.38. The van der Waals surface area contributed by atoms with E-state index in [1.165, 1.54) is 11.6 Å². The molecule has 0 amide bonds. The SMILES string of the molecule is Cc1cccc(OC[C@@H](O)Cn2c(N3CCC[C@H](C)C3)nc3c2c(=O)n(C)c(=O)n3C)c1. The van der Waals surface area contributed by atoms with Crippen LogP contribution in [0.4, 0.5) is 5.95 Å². The van der Waals surface area contributed by atoms with Crippen LogP contribution in [0.1, 0.15) is 25.3 Å². The third-order valence-corrected chi connectivity index (χ3v) is 6.09. The number of aliphatic hydroxyl groups excluding tert-OH is 1. The molecule has 9 heteroatoms. The zero-order valence-corrected chi connectivity index (χ0v) is 19.1. The van der Waals surface area contributed by atoms with Gasteiger partial charge in [0.15, 0.2) is 11.2 Å². The topological polar surface area (TPSA) is 94.5 Å². The smallest absolute Gasteiger partial charge is 0.332 e. The molecule has 1 aliphatic heterocycles. The van der Waals surface area contributed by atoms with Gasteiger partial charge in [-0.3, -0.25) is 13.9 Å². The number of nitrogens with zero attached hydrogens (tertiary/aromatic N) is 5. The molecule has 3 aromatic rings. The van der Waals surface area contributed by atoms with Gasteiger partial charge in [0, 0.05) is 27.2 Å². The van der Waals surface area contributed by atoms with Crippen LogP contribution in [0.3, 0.4) is 0 Å². The van der Waals surface area contributed by atoms with Crippen LogP contribution in [0.15, 0.2) is 33.9 Å². The van der Waals surface area contributed by atoms with E-state index in [-0.39, 0.29) is 13.2 Å². The molecule has 1 aromatic carbocycles. The number of hydrogen-bond acceptors (Lipinski definition) is 6. The van der Waals surface area contributed by atoms with Crippen molar-refractivity contribution in [3.05, 3.63) is 50.7 Å². The first kappa shape index (κ1) is 22.1. The Hall–Kier alpha value is -3.07. The number of piperidine rings is 1. The molecule has 0 aliphatic carbocycles. The molecule has 0 unspecified atom stereocenters. The summed E-state index contributed by atoms with van der Waals surface area (Å²) in [5.41, 5.74) is 0.881. The second-order valence-corrected chi connectivity index (χ2v) is 8.88. The van der Waals surface area contributed by atoms with E-state index in [0.29, 0.717) is 28.8 Å². The Labute approximate surface area is 186 Å². The van der Waals surface area contributed by atoms with Crippen molar-refractivity contribution in [3.63, 3.8) is 0 Å². The summed E-state index contributed by atoms with van der Waals surface area (Å²) in [7, 11) is 3.07. The van der Waals surface area contributed by atoms with Crippen molar-refractivity contribution in [3.8, 4) is 5.75 Å². The van der Waals surface area contributed by atoms with Crippen LogP contribution < -0.4 is 20.9 Å². The van der Waals surface area contributed by atoms with E-state index in [4.69, 9.17) is 9.72 Å². The molecule has 3 heterocycles. The highest BCUT2D eigenvalue weighted by atomic mass is 16.5. The molecule has 9 nitrogen and oxygen atoms in total. The van der Waals surface area contributed by atoms with Gasteiger partial charge in [0.1, 0.15) is 18.5 Å². The van der Waals surface area contributed by atoms with Gasteiger partial charge in [-0.05, 0) is 43.4 Å². The van der Waals surface area contributed by atoms with Gasteiger partial charge in [0.2, 0.25) is 5.95 Å². The van der Waals surface area contributed by atoms with Crippen LogP contribution in [0.25, 0.3) is 11.2 Å². The van der Waals surface area contributed by atoms with Gasteiger partial charge in [0.05, 0.1) is 6.54 Å². The molecule has 1 N–H and O–H groups in total. The highest BCUT2D eigenvalue weighted by molar-refractivity contribution is 5.74. The lowest BCUT2D eigenvalue weighted by Gasteiger charge is -2.32. The number of benzene rings is 1. The Morgan fingerprint density at radius 3 is 2.75 bits per heavy atom. The zero-order chi connectivity index (χ0) is 23.0. The summed E-state index contributed by atoms with van der Waals surface area (Å²) >= 11 is 0. The standard InChI is InChI=1S/C23H31N5O4/c1-15-7-5-9-18(11-15)32-14-17(29)13-28-19-20(25(3)23(31)26(4)21(19)30)24-22(28)27-10-6-8-16(2)12-27/h5,7,9,11,16-17,29H,6,8,10,12-14H2,1-4H3/t16-,17-/m0/s1. The summed E-state index contributed by atoms with van der Waals surface area (Å²) in [4.78, 5) is 32.3. The Morgan fingerprint density at radius 2 is 2.03 bits per heavy atom. The van der Waals surface area contributed by atoms with Gasteiger partial charge in [-0.2, -0.15) is 4.98 Å². The van der Waals surface area contributed by atoms with E-state index in [1.807, 2.05) is 31.2 Å². The summed E-state index contributed by atoms with van der Waals surface area (Å²) in [6.07, 6.45) is 1.31. The third kappa shape index (κ3) is 4.17. The zero-order valence-electron chi connectivity index (χ0n) is 19.1. The molecule has 0 bridgehead atoms. The van der Waals surface area contributed by atoms with Crippen molar-refractivity contribution < 1.29 is 9.84 Å². The summed E-state index contributed by atoms with van der Waals surface area (Å²) in [5.74, 6) is 1.79. The first-order valence-electron chi connectivity index (χ1n) is 11.0. The predicted octanol–water partition coefficient (Wildman–Crippen LogP) is 1.42. The third-order valence-electron chi connectivity index (χ3n) is 6.09. The number of hydrogen-bond donors (Lipinski definition) is 1. The Bertz CT molecular complexity index is 1240. The summed E-state index contributed by atoms with van der Waals surface area (Å²) in [5, 5.41) is 10.8. The number of aromatic nitrogens is 4. The quantitative estimate of drug-likeness (QED) is 0.622. The van der Waals surface area contributed by atoms with Crippen LogP contribution in [0.2, 0.25) is 0 Å². The molecule has 1 fully saturated rings. The lowest BCUT2D eigenvalue weighted by molar-refractivity contribution is 0.0935. The number of imidazole rings is 1. The van der Waals surface area contributed by atoms with Crippen LogP contribution in [0, 0.1) is 12.8 Å².